The molecule has 8 rings (SSSR count). The van der Waals surface area contributed by atoms with Gasteiger partial charge >= 0.3 is 12.1 Å². The topological polar surface area (TPSA) is 133 Å². The number of imide groups is 1. The molecule has 292 valence electrons. The lowest BCUT2D eigenvalue weighted by molar-refractivity contribution is -0.120. The first-order chi connectivity index (χ1) is 27.1. The summed E-state index contributed by atoms with van der Waals surface area (Å²) in [6.07, 6.45) is 8.64. The highest BCUT2D eigenvalue weighted by atomic mass is 35.5. The molecule has 14 heteroatoms. The Bertz CT molecular complexity index is 2130. The summed E-state index contributed by atoms with van der Waals surface area (Å²) in [5.41, 5.74) is 4.07. The summed E-state index contributed by atoms with van der Waals surface area (Å²) >= 11 is 6.31. The molecule has 0 aliphatic carbocycles. The van der Waals surface area contributed by atoms with E-state index in [0.29, 0.717) is 54.3 Å². The number of carbonyl (C=O) groups is 3. The predicted octanol–water partition coefficient (Wildman–Crippen LogP) is 6.69. The summed E-state index contributed by atoms with van der Waals surface area (Å²) in [5, 5.41) is 16.2. The van der Waals surface area contributed by atoms with Crippen molar-refractivity contribution in [1.82, 2.24) is 24.7 Å². The number of aromatic nitrogens is 2. The van der Waals surface area contributed by atoms with E-state index in [4.69, 9.17) is 16.6 Å². The van der Waals surface area contributed by atoms with Gasteiger partial charge in [0.25, 0.3) is 0 Å². The number of nitrogens with one attached hydrogen (secondary N) is 2. The molecule has 2 N–H and O–H groups in total. The lowest BCUT2D eigenvalue weighted by Gasteiger charge is -2.45. The van der Waals surface area contributed by atoms with Crippen molar-refractivity contribution in [3.63, 3.8) is 0 Å². The van der Waals surface area contributed by atoms with Gasteiger partial charge in [-0.15, -0.1) is 0 Å². The molecule has 0 spiro atoms. The second-order valence-electron chi connectivity index (χ2n) is 15.8. The number of piperazine rings is 1. The van der Waals surface area contributed by atoms with E-state index in [2.05, 4.69) is 61.2 Å². The Hall–Kier alpha value is -5.32. The molecule has 4 aliphatic rings. The first-order valence-electron chi connectivity index (χ1n) is 19.8. The maximum Gasteiger partial charge on any atom is 0.328 e. The Labute approximate surface area is 332 Å². The molecule has 4 aliphatic heterocycles. The number of carbonyl (C=O) groups excluding carboxylic acids is 3. The number of pyridine rings is 1. The summed E-state index contributed by atoms with van der Waals surface area (Å²) in [6, 6.07) is 19.7. The molecule has 0 saturated carbocycles. The Kier molecular flexibility index (Phi) is 10.8. The van der Waals surface area contributed by atoms with Crippen molar-refractivity contribution in [2.75, 3.05) is 72.4 Å². The molecule has 13 nitrogen and oxygen atoms in total. The minimum absolute atomic E-state index is 0.0270. The van der Waals surface area contributed by atoms with Crippen LogP contribution >= 0.6 is 11.6 Å². The van der Waals surface area contributed by atoms with E-state index in [9.17, 15) is 19.6 Å². The molecule has 2 atom stereocenters. The summed E-state index contributed by atoms with van der Waals surface area (Å²) in [7, 11) is 0. The Morgan fingerprint density at radius 1 is 0.964 bits per heavy atom. The largest absolute Gasteiger partial charge is 0.365 e. The molecule has 56 heavy (non-hydrogen) atoms. The quantitative estimate of drug-likeness (QED) is 0.212. The number of halogens is 1. The number of anilines is 4. The third-order valence-electron chi connectivity index (χ3n) is 12.1. The number of urea groups is 2. The molecule has 2 aromatic carbocycles. The Balaban J connectivity index is 0.787. The molecule has 2 aromatic heterocycles. The van der Waals surface area contributed by atoms with E-state index in [1.807, 2.05) is 48.2 Å². The molecule has 0 bridgehead atoms. The predicted molar refractivity (Wildman–Crippen MR) is 219 cm³/mol. The summed E-state index contributed by atoms with van der Waals surface area (Å²) < 4.78 is 2.38. The monoisotopic (exact) mass is 776 g/mol. The van der Waals surface area contributed by atoms with Crippen LogP contribution in [0.15, 0.2) is 67.0 Å². The summed E-state index contributed by atoms with van der Waals surface area (Å²) in [5.74, 6) is 1.37. The maximum atomic E-state index is 13.4. The van der Waals surface area contributed by atoms with Crippen molar-refractivity contribution in [2.24, 2.45) is 5.92 Å². The van der Waals surface area contributed by atoms with E-state index in [1.165, 1.54) is 0 Å². The van der Waals surface area contributed by atoms with Crippen LogP contribution in [0, 0.1) is 17.2 Å². The van der Waals surface area contributed by atoms with Gasteiger partial charge < -0.3 is 29.5 Å². The van der Waals surface area contributed by atoms with Crippen LogP contribution in [-0.4, -0.2) is 102 Å². The van der Waals surface area contributed by atoms with Gasteiger partial charge in [0.1, 0.15) is 11.9 Å². The van der Waals surface area contributed by atoms with Crippen molar-refractivity contribution < 1.29 is 14.4 Å². The van der Waals surface area contributed by atoms with Crippen LogP contribution in [0.25, 0.3) is 10.9 Å². The van der Waals surface area contributed by atoms with Gasteiger partial charge in [-0.25, -0.2) is 14.6 Å². The van der Waals surface area contributed by atoms with Gasteiger partial charge in [-0.3, -0.25) is 15.0 Å². The smallest absolute Gasteiger partial charge is 0.328 e. The molecule has 4 saturated heterocycles. The highest BCUT2D eigenvalue weighted by Crippen LogP contribution is 2.34. The fraction of sp³-hybridized carbons (Fsp3) is 0.452. The molecule has 0 radical (unpaired) electrons. The van der Waals surface area contributed by atoms with Crippen molar-refractivity contribution >= 4 is 63.4 Å². The van der Waals surface area contributed by atoms with Crippen molar-refractivity contribution in [3.05, 3.63) is 77.6 Å². The zero-order chi connectivity index (χ0) is 38.9. The van der Waals surface area contributed by atoms with Gasteiger partial charge in [-0.1, -0.05) is 17.7 Å². The van der Waals surface area contributed by atoms with Crippen LogP contribution in [-0.2, 0) is 4.79 Å². The molecule has 0 unspecified atom stereocenters. The lowest BCUT2D eigenvalue weighted by atomic mass is 9.94. The van der Waals surface area contributed by atoms with E-state index in [-0.39, 0.29) is 30.1 Å². The number of piperidine rings is 2. The normalized spacial score (nSPS) is 21.7. The van der Waals surface area contributed by atoms with Crippen LogP contribution in [0.2, 0.25) is 5.02 Å². The molecule has 6 heterocycles. The average molecular weight is 777 g/mol. The Morgan fingerprint density at radius 2 is 1.77 bits per heavy atom. The van der Waals surface area contributed by atoms with Crippen LogP contribution in [0.4, 0.5) is 32.5 Å². The second kappa shape index (κ2) is 16.0. The SMILES string of the molecule is C[C@@H]1CN(c2ccc(C#N)c(Cl)c2)[C@@H](C)CN1C(=O)Nc1ccc(N2CCC(CN3CCC(n4ccc5c(N6CCC(=O)NC6=O)cccc54)CC3)CC2)nc1. The third kappa shape index (κ3) is 7.73. The molecular formula is C42H49ClN10O3. The van der Waals surface area contributed by atoms with Crippen LogP contribution in [0.5, 0.6) is 0 Å². The van der Waals surface area contributed by atoms with E-state index >= 15 is 0 Å². The number of nitriles is 1. The molecular weight excluding hydrogens is 728 g/mol. The van der Waals surface area contributed by atoms with Crippen LogP contribution in [0.1, 0.15) is 57.6 Å². The maximum absolute atomic E-state index is 13.4. The first-order valence-corrected chi connectivity index (χ1v) is 20.2. The second-order valence-corrected chi connectivity index (χ2v) is 16.2. The number of nitrogens with zero attached hydrogens (tertiary/aromatic N) is 8. The van der Waals surface area contributed by atoms with E-state index in [0.717, 1.165) is 86.5 Å². The molecule has 4 aromatic rings. The summed E-state index contributed by atoms with van der Waals surface area (Å²) in [4.78, 5) is 53.1. The number of likely N-dealkylation sites (tertiary alicyclic amines) is 1. The minimum atomic E-state index is -0.350. The average Bonchev–Trinajstić information content (AvgIpc) is 3.64. The van der Waals surface area contributed by atoms with Gasteiger partial charge in [-0.2, -0.15) is 5.26 Å². The first kappa shape index (κ1) is 37.6. The van der Waals surface area contributed by atoms with E-state index < -0.39 is 0 Å². The van der Waals surface area contributed by atoms with E-state index in [1.54, 1.807) is 17.2 Å². The number of benzene rings is 2. The fourth-order valence-corrected chi connectivity index (χ4v) is 9.21. The standard InChI is InChI=1S/C42H49ClN10O3/c1-28-26-53(29(2)25-52(28)34-8-6-31(23-44)36(43)22-34)41(55)46-32-7-9-39(45-24-32)49-18-10-30(11-19-49)27-48-16-12-33(13-17-48)50-20-14-35-37(50)4-3-5-38(35)51-21-15-40(54)47-42(51)56/h3-9,14,20,22,24,28-30,33H,10-13,15-19,21,25-27H2,1-2H3,(H,46,55)(H,47,54,56)/t28-,29+/m0/s1. The van der Waals surface area contributed by atoms with Crippen LogP contribution < -0.4 is 25.3 Å². The number of fused-ring (bicyclic) bond motifs is 1. The fourth-order valence-electron chi connectivity index (χ4n) is 8.99. The highest BCUT2D eigenvalue weighted by molar-refractivity contribution is 6.32. The zero-order valence-corrected chi connectivity index (χ0v) is 32.8. The van der Waals surface area contributed by atoms with Gasteiger partial charge in [0.05, 0.1) is 33.7 Å². The number of amides is 5. The summed E-state index contributed by atoms with van der Waals surface area (Å²) in [6.45, 7) is 10.9. The van der Waals surface area contributed by atoms with Crippen molar-refractivity contribution in [2.45, 2.75) is 64.1 Å². The van der Waals surface area contributed by atoms with Gasteiger partial charge in [0.2, 0.25) is 5.91 Å². The lowest BCUT2D eigenvalue weighted by Crippen LogP contribution is -2.59. The highest BCUT2D eigenvalue weighted by Gasteiger charge is 2.33. The number of hydrogen-bond donors (Lipinski definition) is 2. The number of hydrogen-bond acceptors (Lipinski definition) is 8. The van der Waals surface area contributed by atoms with Gasteiger partial charge in [0.15, 0.2) is 0 Å². The number of rotatable bonds is 7. The molecule has 5 amide bonds. The van der Waals surface area contributed by atoms with Gasteiger partial charge in [-0.05, 0) is 94.0 Å². The van der Waals surface area contributed by atoms with Crippen LogP contribution in [0.3, 0.4) is 0 Å². The molecule has 4 fully saturated rings. The zero-order valence-electron chi connectivity index (χ0n) is 32.0. The van der Waals surface area contributed by atoms with Crippen molar-refractivity contribution in [1.29, 1.82) is 5.26 Å². The van der Waals surface area contributed by atoms with Crippen molar-refractivity contribution in [3.8, 4) is 6.07 Å². The third-order valence-corrected chi connectivity index (χ3v) is 12.5. The minimum Gasteiger partial charge on any atom is -0.365 e. The van der Waals surface area contributed by atoms with Gasteiger partial charge in [0, 0.05) is 94.2 Å². The Morgan fingerprint density at radius 3 is 2.48 bits per heavy atom.